The molecule has 0 radical (unpaired) electrons. The molecule has 0 aliphatic heterocycles. The van der Waals surface area contributed by atoms with Crippen molar-refractivity contribution in [2.45, 2.75) is 6.92 Å². The maximum atomic E-state index is 11.5. The number of methoxy groups -OCH3 is 1. The summed E-state index contributed by atoms with van der Waals surface area (Å²) >= 11 is 6.12. The Morgan fingerprint density at radius 1 is 1.36 bits per heavy atom. The second kappa shape index (κ2) is 5.35. The molecule has 2 N–H and O–H groups in total. The summed E-state index contributed by atoms with van der Waals surface area (Å²) in [6.07, 6.45) is 0. The van der Waals surface area contributed by atoms with E-state index in [1.54, 1.807) is 24.3 Å². The van der Waals surface area contributed by atoms with Crippen LogP contribution in [0.25, 0.3) is 22.2 Å². The summed E-state index contributed by atoms with van der Waals surface area (Å²) in [4.78, 5) is 11.5. The minimum atomic E-state index is -1.00. The minimum absolute atomic E-state index is 0.191. The summed E-state index contributed by atoms with van der Waals surface area (Å²) in [5.74, 6) is -0.456. The molecular weight excluding hydrogens is 304 g/mol. The standard InChI is InChI=1S/C16H13ClN2O3/c1-8-6-10(13(22-2)7-11(8)17)15-14-9(16(20)21)4-3-5-12(14)18-19-15/h3-7H,1-2H3,(H,18,19)(H,20,21). The SMILES string of the molecule is COc1cc(Cl)c(C)cc1-c1n[nH]c2cccc(C(=O)O)c12. The first-order chi connectivity index (χ1) is 10.5. The van der Waals surface area contributed by atoms with Crippen molar-refractivity contribution in [1.82, 2.24) is 10.2 Å². The first-order valence-corrected chi connectivity index (χ1v) is 6.95. The van der Waals surface area contributed by atoms with Crippen LogP contribution in [-0.4, -0.2) is 28.4 Å². The van der Waals surface area contributed by atoms with Crippen molar-refractivity contribution in [3.05, 3.63) is 46.5 Å². The number of carbonyl (C=O) groups is 1. The third-order valence-electron chi connectivity index (χ3n) is 3.56. The average molecular weight is 317 g/mol. The average Bonchev–Trinajstić information content (AvgIpc) is 2.93. The van der Waals surface area contributed by atoms with Crippen LogP contribution in [0.1, 0.15) is 15.9 Å². The van der Waals surface area contributed by atoms with Gasteiger partial charge in [0.25, 0.3) is 0 Å². The highest BCUT2D eigenvalue weighted by Crippen LogP contribution is 2.37. The van der Waals surface area contributed by atoms with Crippen molar-refractivity contribution in [2.24, 2.45) is 0 Å². The molecule has 3 rings (SSSR count). The first kappa shape index (κ1) is 14.4. The van der Waals surface area contributed by atoms with Gasteiger partial charge in [0.15, 0.2) is 0 Å². The van der Waals surface area contributed by atoms with Gasteiger partial charge in [0, 0.05) is 16.0 Å². The largest absolute Gasteiger partial charge is 0.496 e. The van der Waals surface area contributed by atoms with E-state index in [1.165, 1.54) is 7.11 Å². The Morgan fingerprint density at radius 3 is 2.82 bits per heavy atom. The number of carboxylic acid groups (broad SMARTS) is 1. The van der Waals surface area contributed by atoms with Gasteiger partial charge in [-0.15, -0.1) is 0 Å². The fraction of sp³-hybridized carbons (Fsp3) is 0.125. The quantitative estimate of drug-likeness (QED) is 0.768. The summed E-state index contributed by atoms with van der Waals surface area (Å²) in [5, 5.41) is 17.7. The molecule has 0 saturated carbocycles. The molecule has 0 fully saturated rings. The number of benzene rings is 2. The van der Waals surface area contributed by atoms with Gasteiger partial charge in [-0.1, -0.05) is 17.7 Å². The van der Waals surface area contributed by atoms with E-state index in [0.29, 0.717) is 32.9 Å². The van der Waals surface area contributed by atoms with Crippen molar-refractivity contribution >= 4 is 28.5 Å². The number of aromatic carboxylic acids is 1. The van der Waals surface area contributed by atoms with E-state index in [9.17, 15) is 9.90 Å². The van der Waals surface area contributed by atoms with Gasteiger partial charge in [-0.25, -0.2) is 4.79 Å². The van der Waals surface area contributed by atoms with Crippen LogP contribution < -0.4 is 4.74 Å². The van der Waals surface area contributed by atoms with Gasteiger partial charge in [-0.05, 0) is 36.8 Å². The number of rotatable bonds is 3. The second-order valence-corrected chi connectivity index (χ2v) is 5.31. The van der Waals surface area contributed by atoms with Gasteiger partial charge in [0.1, 0.15) is 11.4 Å². The van der Waals surface area contributed by atoms with Gasteiger partial charge >= 0.3 is 5.97 Å². The van der Waals surface area contributed by atoms with Crippen LogP contribution in [0.15, 0.2) is 30.3 Å². The third kappa shape index (κ3) is 2.19. The number of fused-ring (bicyclic) bond motifs is 1. The number of halogens is 1. The summed E-state index contributed by atoms with van der Waals surface area (Å²) in [6, 6.07) is 8.57. The topological polar surface area (TPSA) is 75.2 Å². The Kier molecular flexibility index (Phi) is 3.50. The molecule has 5 nitrogen and oxygen atoms in total. The Balaban J connectivity index is 2.36. The van der Waals surface area contributed by atoms with Gasteiger partial charge < -0.3 is 9.84 Å². The number of carboxylic acids is 1. The number of ether oxygens (including phenoxy) is 1. The van der Waals surface area contributed by atoms with Gasteiger partial charge in [0.2, 0.25) is 0 Å². The summed E-state index contributed by atoms with van der Waals surface area (Å²) in [7, 11) is 1.54. The highest BCUT2D eigenvalue weighted by molar-refractivity contribution is 6.31. The highest BCUT2D eigenvalue weighted by atomic mass is 35.5. The lowest BCUT2D eigenvalue weighted by atomic mass is 10.0. The molecule has 0 aliphatic carbocycles. The van der Waals surface area contributed by atoms with Gasteiger partial charge in [-0.2, -0.15) is 5.10 Å². The molecule has 0 saturated heterocycles. The van der Waals surface area contributed by atoms with Crippen molar-refractivity contribution in [3.8, 4) is 17.0 Å². The number of nitrogens with one attached hydrogen (secondary N) is 1. The van der Waals surface area contributed by atoms with E-state index in [0.717, 1.165) is 5.56 Å². The lowest BCUT2D eigenvalue weighted by molar-refractivity contribution is 0.0699. The van der Waals surface area contributed by atoms with Crippen LogP contribution in [0.4, 0.5) is 0 Å². The smallest absolute Gasteiger partial charge is 0.336 e. The molecule has 1 heterocycles. The molecule has 0 atom stereocenters. The van der Waals surface area contributed by atoms with E-state index in [1.807, 2.05) is 13.0 Å². The molecular formula is C16H13ClN2O3. The molecule has 0 unspecified atom stereocenters. The van der Waals surface area contributed by atoms with Gasteiger partial charge in [0.05, 0.1) is 18.2 Å². The Bertz CT molecular complexity index is 886. The van der Waals surface area contributed by atoms with Crippen molar-refractivity contribution < 1.29 is 14.6 Å². The predicted octanol–water partition coefficient (Wildman–Crippen LogP) is 3.90. The summed E-state index contributed by atoms with van der Waals surface area (Å²) in [5.41, 5.74) is 2.94. The van der Waals surface area contributed by atoms with Crippen molar-refractivity contribution in [1.29, 1.82) is 0 Å². The van der Waals surface area contributed by atoms with E-state index < -0.39 is 5.97 Å². The van der Waals surface area contributed by atoms with Crippen molar-refractivity contribution in [3.63, 3.8) is 0 Å². The van der Waals surface area contributed by atoms with Crippen LogP contribution in [0, 0.1) is 6.92 Å². The van der Waals surface area contributed by atoms with E-state index in [4.69, 9.17) is 16.3 Å². The molecule has 3 aromatic rings. The molecule has 112 valence electrons. The Morgan fingerprint density at radius 2 is 2.14 bits per heavy atom. The Labute approximate surface area is 131 Å². The molecule has 0 spiro atoms. The zero-order chi connectivity index (χ0) is 15.9. The van der Waals surface area contributed by atoms with E-state index in [2.05, 4.69) is 10.2 Å². The third-order valence-corrected chi connectivity index (χ3v) is 3.96. The number of H-pyrrole nitrogens is 1. The molecule has 2 aromatic carbocycles. The zero-order valence-corrected chi connectivity index (χ0v) is 12.7. The van der Waals surface area contributed by atoms with Crippen LogP contribution in [-0.2, 0) is 0 Å². The summed E-state index contributed by atoms with van der Waals surface area (Å²) in [6.45, 7) is 1.87. The maximum absolute atomic E-state index is 11.5. The highest BCUT2D eigenvalue weighted by Gasteiger charge is 2.19. The zero-order valence-electron chi connectivity index (χ0n) is 12.0. The second-order valence-electron chi connectivity index (χ2n) is 4.91. The fourth-order valence-electron chi connectivity index (χ4n) is 2.46. The van der Waals surface area contributed by atoms with E-state index >= 15 is 0 Å². The number of aryl methyl sites for hydroxylation is 1. The van der Waals surface area contributed by atoms with E-state index in [-0.39, 0.29) is 5.56 Å². The van der Waals surface area contributed by atoms with Crippen LogP contribution in [0.2, 0.25) is 5.02 Å². The number of hydrogen-bond acceptors (Lipinski definition) is 3. The Hall–Kier alpha value is -2.53. The van der Waals surface area contributed by atoms with Crippen LogP contribution in [0.5, 0.6) is 5.75 Å². The van der Waals surface area contributed by atoms with Crippen LogP contribution >= 0.6 is 11.6 Å². The fourth-order valence-corrected chi connectivity index (χ4v) is 2.62. The summed E-state index contributed by atoms with van der Waals surface area (Å²) < 4.78 is 5.37. The monoisotopic (exact) mass is 316 g/mol. The number of aromatic amines is 1. The lowest BCUT2D eigenvalue weighted by Gasteiger charge is -2.10. The number of hydrogen-bond donors (Lipinski definition) is 2. The molecule has 22 heavy (non-hydrogen) atoms. The molecule has 1 aromatic heterocycles. The normalized spacial score (nSPS) is 10.9. The molecule has 0 bridgehead atoms. The number of nitrogens with zero attached hydrogens (tertiary/aromatic N) is 1. The van der Waals surface area contributed by atoms with Gasteiger partial charge in [-0.3, -0.25) is 5.10 Å². The lowest BCUT2D eigenvalue weighted by Crippen LogP contribution is -1.98. The maximum Gasteiger partial charge on any atom is 0.336 e. The van der Waals surface area contributed by atoms with Crippen molar-refractivity contribution in [2.75, 3.05) is 7.11 Å². The minimum Gasteiger partial charge on any atom is -0.496 e. The van der Waals surface area contributed by atoms with Crippen LogP contribution in [0.3, 0.4) is 0 Å². The molecule has 0 amide bonds. The molecule has 0 aliphatic rings. The number of aromatic nitrogens is 2. The molecule has 6 heteroatoms. The predicted molar refractivity (Wildman–Crippen MR) is 84.8 cm³/mol. The first-order valence-electron chi connectivity index (χ1n) is 6.58.